The first-order valence-electron chi connectivity index (χ1n) is 10.6. The summed E-state index contributed by atoms with van der Waals surface area (Å²) >= 11 is 0. The van der Waals surface area contributed by atoms with Gasteiger partial charge in [-0.15, -0.1) is 0 Å². The van der Waals surface area contributed by atoms with Gasteiger partial charge in [-0.05, 0) is 48.7 Å². The minimum Gasteiger partial charge on any atom is -0.497 e. The topological polar surface area (TPSA) is 105 Å². The Morgan fingerprint density at radius 2 is 1.84 bits per heavy atom. The number of aromatic nitrogens is 2. The highest BCUT2D eigenvalue weighted by Gasteiger charge is 2.29. The van der Waals surface area contributed by atoms with E-state index in [0.717, 1.165) is 41.1 Å². The van der Waals surface area contributed by atoms with Crippen molar-refractivity contribution >= 4 is 17.3 Å². The van der Waals surface area contributed by atoms with Crippen molar-refractivity contribution in [2.24, 2.45) is 0 Å². The number of benzene rings is 2. The molecule has 0 saturated carbocycles. The van der Waals surface area contributed by atoms with Crippen molar-refractivity contribution in [2.45, 2.75) is 12.8 Å². The number of H-pyrrole nitrogens is 1. The molecule has 0 spiro atoms. The van der Waals surface area contributed by atoms with Gasteiger partial charge >= 0.3 is 0 Å². The molecule has 1 aliphatic heterocycles. The highest BCUT2D eigenvalue weighted by Crippen LogP contribution is 2.36. The molecule has 9 nitrogen and oxygen atoms in total. The van der Waals surface area contributed by atoms with Crippen LogP contribution >= 0.6 is 0 Å². The van der Waals surface area contributed by atoms with Crippen molar-refractivity contribution < 1.29 is 14.5 Å². The summed E-state index contributed by atoms with van der Waals surface area (Å²) < 4.78 is 5.33. The lowest BCUT2D eigenvalue weighted by atomic mass is 9.88. The van der Waals surface area contributed by atoms with Crippen LogP contribution in [0.3, 0.4) is 0 Å². The van der Waals surface area contributed by atoms with E-state index in [1.54, 1.807) is 19.2 Å². The number of piperazine rings is 1. The number of carbonyl (C=O) groups is 1. The minimum absolute atomic E-state index is 0.0286. The number of aryl methyl sites for hydroxylation is 1. The number of fused-ring (bicyclic) bond motifs is 3. The Kier molecular flexibility index (Phi) is 5.01. The lowest BCUT2D eigenvalue weighted by Gasteiger charge is -2.36. The zero-order valence-corrected chi connectivity index (χ0v) is 17.7. The zero-order chi connectivity index (χ0) is 22.2. The highest BCUT2D eigenvalue weighted by atomic mass is 16.6. The number of ether oxygens (including phenoxy) is 1. The van der Waals surface area contributed by atoms with Gasteiger partial charge in [-0.25, -0.2) is 0 Å². The van der Waals surface area contributed by atoms with Crippen molar-refractivity contribution in [3.63, 3.8) is 0 Å². The maximum atomic E-state index is 13.2. The summed E-state index contributed by atoms with van der Waals surface area (Å²) in [6.45, 7) is 2.50. The molecule has 1 saturated heterocycles. The molecule has 9 heteroatoms. The smallest absolute Gasteiger partial charge is 0.272 e. The molecule has 1 aliphatic carbocycles. The summed E-state index contributed by atoms with van der Waals surface area (Å²) in [4.78, 5) is 27.7. The number of hydrogen-bond donors (Lipinski definition) is 1. The molecule has 32 heavy (non-hydrogen) atoms. The molecule has 0 unspecified atom stereocenters. The Labute approximate surface area is 184 Å². The Hall–Kier alpha value is -3.88. The number of non-ortho nitro benzene ring substituents is 1. The van der Waals surface area contributed by atoms with E-state index in [9.17, 15) is 14.9 Å². The summed E-state index contributed by atoms with van der Waals surface area (Å²) in [6.07, 6.45) is 1.60. The fourth-order valence-electron chi connectivity index (χ4n) is 4.51. The third kappa shape index (κ3) is 3.45. The second-order valence-electron chi connectivity index (χ2n) is 8.00. The Morgan fingerprint density at radius 3 is 2.53 bits per heavy atom. The number of rotatable bonds is 4. The predicted octanol–water partition coefficient (Wildman–Crippen LogP) is 3.05. The number of carbonyl (C=O) groups excluding carboxylic acids is 1. The molecule has 2 aliphatic rings. The van der Waals surface area contributed by atoms with Crippen molar-refractivity contribution in [2.75, 3.05) is 38.2 Å². The number of methoxy groups -OCH3 is 1. The molecule has 164 valence electrons. The average molecular weight is 433 g/mol. The molecule has 5 rings (SSSR count). The first-order valence-corrected chi connectivity index (χ1v) is 10.6. The van der Waals surface area contributed by atoms with Gasteiger partial charge in [-0.3, -0.25) is 20.0 Å². The lowest BCUT2D eigenvalue weighted by molar-refractivity contribution is -0.384. The van der Waals surface area contributed by atoms with E-state index in [1.807, 2.05) is 23.1 Å². The molecule has 2 heterocycles. The summed E-state index contributed by atoms with van der Waals surface area (Å²) in [7, 11) is 1.66. The third-order valence-electron chi connectivity index (χ3n) is 6.29. The maximum Gasteiger partial charge on any atom is 0.272 e. The van der Waals surface area contributed by atoms with E-state index < -0.39 is 4.92 Å². The summed E-state index contributed by atoms with van der Waals surface area (Å²) in [6, 6.07) is 12.5. The van der Waals surface area contributed by atoms with Gasteiger partial charge in [0, 0.05) is 55.1 Å². The van der Waals surface area contributed by atoms with Gasteiger partial charge in [0.05, 0.1) is 17.7 Å². The largest absolute Gasteiger partial charge is 0.497 e. The quantitative estimate of drug-likeness (QED) is 0.501. The number of nitrogens with one attached hydrogen (secondary N) is 1. The van der Waals surface area contributed by atoms with E-state index in [1.165, 1.54) is 17.7 Å². The molecule has 0 atom stereocenters. The number of nitro benzene ring substituents is 1. The summed E-state index contributed by atoms with van der Waals surface area (Å²) in [5.41, 5.74) is 5.63. The van der Waals surface area contributed by atoms with Crippen molar-refractivity contribution in [1.29, 1.82) is 0 Å². The second kappa shape index (κ2) is 7.99. The molecular formula is C23H23N5O4. The van der Waals surface area contributed by atoms with Crippen LogP contribution in [0, 0.1) is 10.1 Å². The van der Waals surface area contributed by atoms with Gasteiger partial charge < -0.3 is 14.5 Å². The molecule has 1 N–H and O–H groups in total. The van der Waals surface area contributed by atoms with Crippen LogP contribution < -0.4 is 9.64 Å². The lowest BCUT2D eigenvalue weighted by Crippen LogP contribution is -2.49. The molecular weight excluding hydrogens is 410 g/mol. The third-order valence-corrected chi connectivity index (χ3v) is 6.29. The van der Waals surface area contributed by atoms with Crippen LogP contribution in [0.1, 0.15) is 21.6 Å². The normalized spacial score (nSPS) is 15.2. The Balaban J connectivity index is 1.29. The number of nitro groups is 1. The number of amides is 1. The van der Waals surface area contributed by atoms with Crippen molar-refractivity contribution in [1.82, 2.24) is 15.1 Å². The summed E-state index contributed by atoms with van der Waals surface area (Å²) in [5.74, 6) is 0.795. The fraction of sp³-hybridized carbons (Fsp3) is 0.304. The number of aromatic amines is 1. The molecule has 1 fully saturated rings. The first kappa shape index (κ1) is 20.0. The van der Waals surface area contributed by atoms with E-state index in [0.29, 0.717) is 31.9 Å². The van der Waals surface area contributed by atoms with Crippen molar-refractivity contribution in [3.05, 3.63) is 69.4 Å². The summed E-state index contributed by atoms with van der Waals surface area (Å²) in [5, 5.41) is 18.3. The first-order chi connectivity index (χ1) is 15.5. The standard InChI is InChI=1S/C23H23N5O4/c1-32-18-7-9-19-15(14-18)2-8-20-21(19)24-25-22(20)23(29)27-12-10-26(11-13-27)16-3-5-17(6-4-16)28(30)31/h3-7,9,14H,2,8,10-13H2,1H3,(H,24,25). The van der Waals surface area contributed by atoms with Gasteiger partial charge in [0.1, 0.15) is 11.4 Å². The average Bonchev–Trinajstić information content (AvgIpc) is 3.28. The molecule has 1 aromatic heterocycles. The Bertz CT molecular complexity index is 1180. The fourth-order valence-corrected chi connectivity index (χ4v) is 4.51. The number of nitrogens with zero attached hydrogens (tertiary/aromatic N) is 4. The number of hydrogen-bond acceptors (Lipinski definition) is 6. The van der Waals surface area contributed by atoms with Crippen LogP contribution in [0.2, 0.25) is 0 Å². The van der Waals surface area contributed by atoms with E-state index >= 15 is 0 Å². The predicted molar refractivity (Wildman–Crippen MR) is 119 cm³/mol. The van der Waals surface area contributed by atoms with Gasteiger partial charge in [0.25, 0.3) is 11.6 Å². The van der Waals surface area contributed by atoms with Crippen LogP contribution in [0.5, 0.6) is 5.75 Å². The van der Waals surface area contributed by atoms with E-state index in [2.05, 4.69) is 15.1 Å². The Morgan fingerprint density at radius 1 is 1.09 bits per heavy atom. The van der Waals surface area contributed by atoms with Crippen LogP contribution in [-0.2, 0) is 12.8 Å². The van der Waals surface area contributed by atoms with E-state index in [-0.39, 0.29) is 11.6 Å². The highest BCUT2D eigenvalue weighted by molar-refractivity contribution is 5.96. The van der Waals surface area contributed by atoms with Gasteiger partial charge in [-0.1, -0.05) is 0 Å². The maximum absolute atomic E-state index is 13.2. The molecule has 3 aromatic rings. The van der Waals surface area contributed by atoms with Crippen LogP contribution in [-0.4, -0.2) is 59.2 Å². The molecule has 0 radical (unpaired) electrons. The zero-order valence-electron chi connectivity index (χ0n) is 17.7. The SMILES string of the molecule is COc1ccc2c(c1)CCc1c-2n[nH]c1C(=O)N1CCN(c2ccc([N+](=O)[O-])cc2)CC1. The second-order valence-corrected chi connectivity index (χ2v) is 8.00. The monoisotopic (exact) mass is 433 g/mol. The minimum atomic E-state index is -0.402. The van der Waals surface area contributed by atoms with Crippen LogP contribution in [0.25, 0.3) is 11.3 Å². The van der Waals surface area contributed by atoms with Gasteiger partial charge in [0.15, 0.2) is 0 Å². The van der Waals surface area contributed by atoms with E-state index in [4.69, 9.17) is 4.74 Å². The van der Waals surface area contributed by atoms with Gasteiger partial charge in [0.2, 0.25) is 0 Å². The number of anilines is 1. The van der Waals surface area contributed by atoms with Crippen molar-refractivity contribution in [3.8, 4) is 17.0 Å². The molecule has 2 aromatic carbocycles. The molecule has 1 amide bonds. The molecule has 0 bridgehead atoms. The van der Waals surface area contributed by atoms with Crippen LogP contribution in [0.4, 0.5) is 11.4 Å². The van der Waals surface area contributed by atoms with Crippen LogP contribution in [0.15, 0.2) is 42.5 Å². The van der Waals surface area contributed by atoms with Gasteiger partial charge in [-0.2, -0.15) is 5.10 Å².